The van der Waals surface area contributed by atoms with Crippen LogP contribution in [0.15, 0.2) is 60.1 Å². The van der Waals surface area contributed by atoms with Gasteiger partial charge in [-0.3, -0.25) is 4.79 Å². The Balaban J connectivity index is 0.000000956. The van der Waals surface area contributed by atoms with E-state index < -0.39 is 0 Å². The fourth-order valence-corrected chi connectivity index (χ4v) is 2.10. The van der Waals surface area contributed by atoms with E-state index in [1.807, 2.05) is 43.3 Å². The molecular weight excluding hydrogens is 316 g/mol. The van der Waals surface area contributed by atoms with Crippen molar-refractivity contribution in [2.45, 2.75) is 13.5 Å². The molecule has 0 unspecified atom stereocenters. The zero-order valence-electron chi connectivity index (χ0n) is 11.4. The van der Waals surface area contributed by atoms with Gasteiger partial charge in [-0.15, -0.1) is 13.2 Å². The highest BCUT2D eigenvalue weighted by atomic mass is 79.9. The van der Waals surface area contributed by atoms with Crippen LogP contribution in [0.1, 0.15) is 21.5 Å². The van der Waals surface area contributed by atoms with Gasteiger partial charge in [0.15, 0.2) is 0 Å². The Morgan fingerprint density at radius 2 is 1.90 bits per heavy atom. The molecule has 0 aliphatic heterocycles. The molecule has 0 heterocycles. The van der Waals surface area contributed by atoms with Crippen molar-refractivity contribution in [1.29, 1.82) is 0 Å². The van der Waals surface area contributed by atoms with Crippen molar-refractivity contribution < 1.29 is 9.53 Å². The van der Waals surface area contributed by atoms with E-state index in [-0.39, 0.29) is 0 Å². The van der Waals surface area contributed by atoms with Crippen LogP contribution >= 0.6 is 15.9 Å². The molecular formula is C17H17BrO2. The van der Waals surface area contributed by atoms with Crippen LogP contribution in [0.25, 0.3) is 0 Å². The highest BCUT2D eigenvalue weighted by Crippen LogP contribution is 2.20. The summed E-state index contributed by atoms with van der Waals surface area (Å²) in [6.45, 7) is 8.38. The molecule has 0 saturated carbocycles. The maximum atomic E-state index is 10.9. The first-order chi connectivity index (χ1) is 9.70. The van der Waals surface area contributed by atoms with Crippen LogP contribution in [0.3, 0.4) is 0 Å². The van der Waals surface area contributed by atoms with Crippen LogP contribution < -0.4 is 4.74 Å². The van der Waals surface area contributed by atoms with Gasteiger partial charge in [0.2, 0.25) is 0 Å². The third-order valence-corrected chi connectivity index (χ3v) is 3.20. The molecule has 0 aromatic heterocycles. The fourth-order valence-electron chi connectivity index (χ4n) is 1.69. The standard InChI is InChI=1S/C15H13BrO2.C2H4/c1-11-4-2-3-5-15(11)18-10-13-8-14(16)7-6-12(13)9-17;1-2/h2-9H,10H2,1H3;1-2H2. The Bertz CT molecular complexity index is 579. The predicted octanol–water partition coefficient (Wildman–Crippen LogP) is 4.95. The van der Waals surface area contributed by atoms with Crippen molar-refractivity contribution in [2.24, 2.45) is 0 Å². The van der Waals surface area contributed by atoms with E-state index in [1.54, 1.807) is 6.07 Å². The first-order valence-electron chi connectivity index (χ1n) is 6.13. The van der Waals surface area contributed by atoms with Crippen molar-refractivity contribution >= 4 is 22.2 Å². The van der Waals surface area contributed by atoms with Gasteiger partial charge in [-0.05, 0) is 30.7 Å². The number of aryl methyl sites for hydroxylation is 1. The van der Waals surface area contributed by atoms with Crippen LogP contribution in [0, 0.1) is 6.92 Å². The molecule has 20 heavy (non-hydrogen) atoms. The number of carbonyl (C=O) groups excluding carboxylic acids is 1. The molecule has 0 atom stereocenters. The minimum Gasteiger partial charge on any atom is -0.489 e. The minimum atomic E-state index is 0.387. The lowest BCUT2D eigenvalue weighted by atomic mass is 10.1. The van der Waals surface area contributed by atoms with Gasteiger partial charge in [-0.1, -0.05) is 40.2 Å². The third kappa shape index (κ3) is 4.35. The fraction of sp³-hybridized carbons (Fsp3) is 0.118. The number of aldehydes is 1. The van der Waals surface area contributed by atoms with Gasteiger partial charge in [0.1, 0.15) is 18.6 Å². The Kier molecular flexibility index (Phi) is 6.74. The SMILES string of the molecule is C=C.Cc1ccccc1OCc1cc(Br)ccc1C=O. The van der Waals surface area contributed by atoms with Gasteiger partial charge in [-0.25, -0.2) is 0 Å². The van der Waals surface area contributed by atoms with E-state index in [0.717, 1.165) is 27.6 Å². The monoisotopic (exact) mass is 332 g/mol. The van der Waals surface area contributed by atoms with E-state index in [2.05, 4.69) is 29.1 Å². The first kappa shape index (κ1) is 16.2. The average Bonchev–Trinajstić information content (AvgIpc) is 2.49. The molecule has 0 saturated heterocycles. The summed E-state index contributed by atoms with van der Waals surface area (Å²) in [7, 11) is 0. The van der Waals surface area contributed by atoms with E-state index in [0.29, 0.717) is 12.2 Å². The first-order valence-corrected chi connectivity index (χ1v) is 6.92. The minimum absolute atomic E-state index is 0.387. The average molecular weight is 333 g/mol. The third-order valence-electron chi connectivity index (χ3n) is 2.71. The van der Waals surface area contributed by atoms with Gasteiger partial charge >= 0.3 is 0 Å². The van der Waals surface area contributed by atoms with Crippen molar-refractivity contribution in [3.05, 3.63) is 76.8 Å². The molecule has 2 nitrogen and oxygen atoms in total. The summed E-state index contributed by atoms with van der Waals surface area (Å²) >= 11 is 3.39. The second-order valence-electron chi connectivity index (χ2n) is 4.02. The van der Waals surface area contributed by atoms with Crippen LogP contribution in [-0.4, -0.2) is 6.29 Å². The van der Waals surface area contributed by atoms with Crippen molar-refractivity contribution in [3.63, 3.8) is 0 Å². The lowest BCUT2D eigenvalue weighted by Gasteiger charge is -2.10. The van der Waals surface area contributed by atoms with Crippen molar-refractivity contribution in [1.82, 2.24) is 0 Å². The number of benzene rings is 2. The van der Waals surface area contributed by atoms with Crippen LogP contribution in [0.4, 0.5) is 0 Å². The molecule has 0 bridgehead atoms. The summed E-state index contributed by atoms with van der Waals surface area (Å²) in [5, 5.41) is 0. The molecule has 0 aliphatic rings. The number of ether oxygens (including phenoxy) is 1. The van der Waals surface area contributed by atoms with E-state index in [9.17, 15) is 4.79 Å². The summed E-state index contributed by atoms with van der Waals surface area (Å²) in [5.74, 6) is 0.842. The van der Waals surface area contributed by atoms with Crippen LogP contribution in [0.2, 0.25) is 0 Å². The normalized spacial score (nSPS) is 9.30. The summed E-state index contributed by atoms with van der Waals surface area (Å²) < 4.78 is 6.68. The number of para-hydroxylation sites is 1. The molecule has 0 aliphatic carbocycles. The number of hydrogen-bond acceptors (Lipinski definition) is 2. The zero-order chi connectivity index (χ0) is 15.0. The van der Waals surface area contributed by atoms with Gasteiger partial charge in [-0.2, -0.15) is 0 Å². The van der Waals surface area contributed by atoms with Crippen LogP contribution in [-0.2, 0) is 6.61 Å². The second-order valence-corrected chi connectivity index (χ2v) is 4.93. The Morgan fingerprint density at radius 3 is 2.55 bits per heavy atom. The quantitative estimate of drug-likeness (QED) is 0.584. The smallest absolute Gasteiger partial charge is 0.150 e. The van der Waals surface area contributed by atoms with Gasteiger partial charge in [0.25, 0.3) is 0 Å². The number of rotatable bonds is 4. The second kappa shape index (κ2) is 8.33. The van der Waals surface area contributed by atoms with Crippen molar-refractivity contribution in [3.8, 4) is 5.75 Å². The molecule has 0 fully saturated rings. The van der Waals surface area contributed by atoms with Gasteiger partial charge < -0.3 is 4.74 Å². The molecule has 0 amide bonds. The number of carbonyl (C=O) groups is 1. The molecule has 2 rings (SSSR count). The highest BCUT2D eigenvalue weighted by molar-refractivity contribution is 9.10. The molecule has 0 spiro atoms. The van der Waals surface area contributed by atoms with E-state index >= 15 is 0 Å². The number of hydrogen-bond donors (Lipinski definition) is 0. The molecule has 0 N–H and O–H groups in total. The Hall–Kier alpha value is -1.87. The topological polar surface area (TPSA) is 26.3 Å². The molecule has 0 radical (unpaired) electrons. The van der Waals surface area contributed by atoms with Crippen molar-refractivity contribution in [2.75, 3.05) is 0 Å². The Labute approximate surface area is 128 Å². The predicted molar refractivity (Wildman–Crippen MR) is 86.3 cm³/mol. The molecule has 2 aromatic carbocycles. The summed E-state index contributed by atoms with van der Waals surface area (Å²) in [6.07, 6.45) is 0.850. The maximum Gasteiger partial charge on any atom is 0.150 e. The molecule has 104 valence electrons. The van der Waals surface area contributed by atoms with Gasteiger partial charge in [0, 0.05) is 15.6 Å². The number of halogens is 1. The highest BCUT2D eigenvalue weighted by Gasteiger charge is 2.04. The summed E-state index contributed by atoms with van der Waals surface area (Å²) in [4.78, 5) is 10.9. The molecule has 3 heteroatoms. The Morgan fingerprint density at radius 1 is 1.20 bits per heavy atom. The lowest BCUT2D eigenvalue weighted by molar-refractivity contribution is 0.112. The van der Waals surface area contributed by atoms with E-state index in [1.165, 1.54) is 0 Å². The molecule has 2 aromatic rings. The van der Waals surface area contributed by atoms with E-state index in [4.69, 9.17) is 4.74 Å². The van der Waals surface area contributed by atoms with Gasteiger partial charge in [0.05, 0.1) is 0 Å². The zero-order valence-corrected chi connectivity index (χ0v) is 13.0. The van der Waals surface area contributed by atoms with Crippen LogP contribution in [0.5, 0.6) is 5.75 Å². The lowest BCUT2D eigenvalue weighted by Crippen LogP contribution is -2.00. The summed E-state index contributed by atoms with van der Waals surface area (Å²) in [5.41, 5.74) is 2.62. The largest absolute Gasteiger partial charge is 0.489 e. The summed E-state index contributed by atoms with van der Waals surface area (Å²) in [6, 6.07) is 13.4. The maximum absolute atomic E-state index is 10.9.